The Morgan fingerprint density at radius 1 is 1.23 bits per heavy atom. The second-order valence-corrected chi connectivity index (χ2v) is 6.04. The zero-order valence-corrected chi connectivity index (χ0v) is 15.2. The first kappa shape index (κ1) is 18.1. The molecule has 1 aromatic heterocycles. The minimum absolute atomic E-state index is 0.141. The van der Waals surface area contributed by atoms with Gasteiger partial charge in [0.15, 0.2) is 0 Å². The molecule has 0 spiro atoms. The van der Waals surface area contributed by atoms with Crippen LogP contribution in [-0.2, 0) is 11.3 Å². The van der Waals surface area contributed by atoms with Gasteiger partial charge in [0.1, 0.15) is 5.75 Å². The highest BCUT2D eigenvalue weighted by atomic mass is 16.5. The van der Waals surface area contributed by atoms with Gasteiger partial charge in [-0.3, -0.25) is 4.79 Å². The molecule has 1 aliphatic heterocycles. The van der Waals surface area contributed by atoms with E-state index < -0.39 is 0 Å². The molecule has 1 N–H and O–H groups in total. The molecule has 7 heteroatoms. The molecule has 2 aromatic rings. The number of nitrogens with one attached hydrogen (secondary N) is 1. The fourth-order valence-electron chi connectivity index (χ4n) is 2.75. The standard InChI is InChI=1S/C19H24N4O3/c1-3-26-17-6-4-15(5-7-17)18(24)20-13-16-12-14(2)21-19(22-16)23-8-10-25-11-9-23/h4-7,12H,3,8-11,13H2,1-2H3,(H,20,24). The second kappa shape index (κ2) is 8.62. The number of carbonyl (C=O) groups is 1. The molecule has 1 aliphatic rings. The number of morpholine rings is 1. The Labute approximate surface area is 153 Å². The molecule has 0 aliphatic carbocycles. The molecule has 3 rings (SSSR count). The zero-order valence-electron chi connectivity index (χ0n) is 15.2. The van der Waals surface area contributed by atoms with Crippen molar-refractivity contribution < 1.29 is 14.3 Å². The van der Waals surface area contributed by atoms with Crippen LogP contribution in [0.25, 0.3) is 0 Å². The molecule has 7 nitrogen and oxygen atoms in total. The first-order valence-corrected chi connectivity index (χ1v) is 8.84. The Bertz CT molecular complexity index is 743. The number of aromatic nitrogens is 2. The normalized spacial score (nSPS) is 14.2. The van der Waals surface area contributed by atoms with Gasteiger partial charge in [0.05, 0.1) is 32.1 Å². The summed E-state index contributed by atoms with van der Waals surface area (Å²) in [6, 6.07) is 8.99. The minimum atomic E-state index is -0.141. The van der Waals surface area contributed by atoms with Crippen molar-refractivity contribution in [1.29, 1.82) is 0 Å². The van der Waals surface area contributed by atoms with E-state index in [-0.39, 0.29) is 5.91 Å². The fourth-order valence-corrected chi connectivity index (χ4v) is 2.75. The van der Waals surface area contributed by atoms with E-state index >= 15 is 0 Å². The number of hydrogen-bond acceptors (Lipinski definition) is 6. The van der Waals surface area contributed by atoms with Crippen molar-refractivity contribution >= 4 is 11.9 Å². The Morgan fingerprint density at radius 3 is 2.65 bits per heavy atom. The molecule has 1 saturated heterocycles. The number of hydrogen-bond donors (Lipinski definition) is 1. The van der Waals surface area contributed by atoms with Crippen LogP contribution >= 0.6 is 0 Å². The highest BCUT2D eigenvalue weighted by Crippen LogP contribution is 2.14. The maximum atomic E-state index is 12.3. The van der Waals surface area contributed by atoms with E-state index in [2.05, 4.69) is 20.2 Å². The van der Waals surface area contributed by atoms with E-state index in [1.54, 1.807) is 24.3 Å². The molecule has 1 amide bonds. The summed E-state index contributed by atoms with van der Waals surface area (Å²) in [5.74, 6) is 1.31. The van der Waals surface area contributed by atoms with Gasteiger partial charge in [-0.2, -0.15) is 0 Å². The largest absolute Gasteiger partial charge is 0.494 e. The molecule has 0 atom stereocenters. The van der Waals surface area contributed by atoms with Crippen molar-refractivity contribution in [2.24, 2.45) is 0 Å². The number of amides is 1. The summed E-state index contributed by atoms with van der Waals surface area (Å²) in [4.78, 5) is 23.5. The third-order valence-electron chi connectivity index (χ3n) is 4.05. The fraction of sp³-hybridized carbons (Fsp3) is 0.421. The first-order chi connectivity index (χ1) is 12.7. The molecule has 26 heavy (non-hydrogen) atoms. The van der Waals surface area contributed by atoms with E-state index in [9.17, 15) is 4.79 Å². The summed E-state index contributed by atoms with van der Waals surface area (Å²) in [5, 5.41) is 2.91. The van der Waals surface area contributed by atoms with E-state index in [4.69, 9.17) is 9.47 Å². The molecular weight excluding hydrogens is 332 g/mol. The van der Waals surface area contributed by atoms with Crippen molar-refractivity contribution in [3.8, 4) is 5.75 Å². The average molecular weight is 356 g/mol. The molecule has 2 heterocycles. The lowest BCUT2D eigenvalue weighted by atomic mass is 10.2. The molecular formula is C19H24N4O3. The SMILES string of the molecule is CCOc1ccc(C(=O)NCc2cc(C)nc(N3CCOCC3)n2)cc1. The van der Waals surface area contributed by atoms with Gasteiger partial charge in [-0.25, -0.2) is 9.97 Å². The van der Waals surface area contributed by atoms with Crippen molar-refractivity contribution in [3.63, 3.8) is 0 Å². The van der Waals surface area contributed by atoms with Crippen LogP contribution in [0.3, 0.4) is 0 Å². The lowest BCUT2D eigenvalue weighted by Crippen LogP contribution is -2.37. The van der Waals surface area contributed by atoms with E-state index in [0.29, 0.717) is 37.9 Å². The lowest BCUT2D eigenvalue weighted by Gasteiger charge is -2.27. The quantitative estimate of drug-likeness (QED) is 0.853. The highest BCUT2D eigenvalue weighted by Gasteiger charge is 2.15. The van der Waals surface area contributed by atoms with Crippen LogP contribution in [0.2, 0.25) is 0 Å². The molecule has 0 unspecified atom stereocenters. The average Bonchev–Trinajstić information content (AvgIpc) is 2.67. The summed E-state index contributed by atoms with van der Waals surface area (Å²) in [6.45, 7) is 7.74. The topological polar surface area (TPSA) is 76.6 Å². The van der Waals surface area contributed by atoms with Crippen molar-refractivity contribution in [2.75, 3.05) is 37.8 Å². The first-order valence-electron chi connectivity index (χ1n) is 8.84. The molecule has 1 fully saturated rings. The zero-order chi connectivity index (χ0) is 18.4. The third-order valence-corrected chi connectivity index (χ3v) is 4.05. The molecule has 138 valence electrons. The van der Waals surface area contributed by atoms with E-state index in [1.807, 2.05) is 19.9 Å². The summed E-state index contributed by atoms with van der Waals surface area (Å²) in [6.07, 6.45) is 0. The Morgan fingerprint density at radius 2 is 1.96 bits per heavy atom. The van der Waals surface area contributed by atoms with Gasteiger partial charge in [0, 0.05) is 24.3 Å². The number of carbonyl (C=O) groups excluding carboxylic acids is 1. The molecule has 1 aromatic carbocycles. The predicted octanol–water partition coefficient (Wildman–Crippen LogP) is 1.95. The van der Waals surface area contributed by atoms with Crippen LogP contribution in [0, 0.1) is 6.92 Å². The van der Waals surface area contributed by atoms with Crippen LogP contribution < -0.4 is 15.0 Å². The van der Waals surface area contributed by atoms with Crippen molar-refractivity contribution in [3.05, 3.63) is 47.3 Å². The van der Waals surface area contributed by atoms with Crippen LogP contribution in [-0.4, -0.2) is 48.8 Å². The van der Waals surface area contributed by atoms with E-state index in [0.717, 1.165) is 30.2 Å². The second-order valence-electron chi connectivity index (χ2n) is 6.04. The van der Waals surface area contributed by atoms with Crippen LogP contribution in [0.4, 0.5) is 5.95 Å². The van der Waals surface area contributed by atoms with Gasteiger partial charge < -0.3 is 19.7 Å². The Hall–Kier alpha value is -2.67. The summed E-state index contributed by atoms with van der Waals surface area (Å²) in [7, 11) is 0. The number of ether oxygens (including phenoxy) is 2. The van der Waals surface area contributed by atoms with Crippen molar-refractivity contribution in [1.82, 2.24) is 15.3 Å². The third kappa shape index (κ3) is 4.70. The van der Waals surface area contributed by atoms with Gasteiger partial charge in [-0.05, 0) is 44.2 Å². The van der Waals surface area contributed by atoms with Gasteiger partial charge in [0.2, 0.25) is 5.95 Å². The van der Waals surface area contributed by atoms with Crippen molar-refractivity contribution in [2.45, 2.75) is 20.4 Å². The maximum Gasteiger partial charge on any atom is 0.251 e. The minimum Gasteiger partial charge on any atom is -0.494 e. The van der Waals surface area contributed by atoms with E-state index in [1.165, 1.54) is 0 Å². The van der Waals surface area contributed by atoms with Crippen LogP contribution in [0.5, 0.6) is 5.75 Å². The van der Waals surface area contributed by atoms with Gasteiger partial charge >= 0.3 is 0 Å². The number of nitrogens with zero attached hydrogens (tertiary/aromatic N) is 3. The summed E-state index contributed by atoms with van der Waals surface area (Å²) < 4.78 is 10.8. The van der Waals surface area contributed by atoms with Gasteiger partial charge in [0.25, 0.3) is 5.91 Å². The van der Waals surface area contributed by atoms with Gasteiger partial charge in [-0.1, -0.05) is 0 Å². The molecule has 0 radical (unpaired) electrons. The van der Waals surface area contributed by atoms with Crippen LogP contribution in [0.15, 0.2) is 30.3 Å². The smallest absolute Gasteiger partial charge is 0.251 e. The number of rotatable bonds is 6. The highest BCUT2D eigenvalue weighted by molar-refractivity contribution is 5.94. The number of benzene rings is 1. The number of aryl methyl sites for hydroxylation is 1. The van der Waals surface area contributed by atoms with Crippen LogP contribution in [0.1, 0.15) is 28.7 Å². The Kier molecular flexibility index (Phi) is 6.01. The summed E-state index contributed by atoms with van der Waals surface area (Å²) >= 11 is 0. The predicted molar refractivity (Wildman–Crippen MR) is 98.6 cm³/mol. The lowest BCUT2D eigenvalue weighted by molar-refractivity contribution is 0.0950. The van der Waals surface area contributed by atoms with Gasteiger partial charge in [-0.15, -0.1) is 0 Å². The summed E-state index contributed by atoms with van der Waals surface area (Å²) in [5.41, 5.74) is 2.26. The number of anilines is 1. The monoisotopic (exact) mass is 356 g/mol. The molecule has 0 bridgehead atoms. The molecule has 0 saturated carbocycles. The Balaban J connectivity index is 1.63. The maximum absolute atomic E-state index is 12.3.